The Hall–Kier alpha value is -0.490. The second-order valence-corrected chi connectivity index (χ2v) is 4.55. The number of hydrogen-bond donors (Lipinski definition) is 1. The van der Waals surface area contributed by atoms with Crippen molar-refractivity contribution in [3.8, 4) is 0 Å². The van der Waals surface area contributed by atoms with Gasteiger partial charge in [-0.3, -0.25) is 0 Å². The van der Waals surface area contributed by atoms with Crippen LogP contribution in [0.25, 0.3) is 0 Å². The van der Waals surface area contributed by atoms with Crippen molar-refractivity contribution in [3.63, 3.8) is 0 Å². The Kier molecular flexibility index (Phi) is 6.65. The first-order chi connectivity index (χ1) is 8.17. The molecular weight excluding hydrogens is 289 g/mol. The van der Waals surface area contributed by atoms with Crippen molar-refractivity contribution in [2.24, 2.45) is 0 Å². The number of hydrogen-bond acceptors (Lipinski definition) is 3. The van der Waals surface area contributed by atoms with E-state index in [4.69, 9.17) is 9.47 Å². The first-order valence-corrected chi connectivity index (χ1v) is 6.13. The van der Waals surface area contributed by atoms with Gasteiger partial charge < -0.3 is 14.8 Å². The molecule has 1 unspecified atom stereocenters. The maximum absolute atomic E-state index is 13.2. The summed E-state index contributed by atoms with van der Waals surface area (Å²) >= 11 is 3.12. The summed E-state index contributed by atoms with van der Waals surface area (Å²) in [5.74, 6) is -0.246. The first kappa shape index (κ1) is 14.6. The lowest BCUT2D eigenvalue weighted by Gasteiger charge is -2.15. The molecule has 0 heterocycles. The lowest BCUT2D eigenvalue weighted by Crippen LogP contribution is -2.31. The minimum Gasteiger partial charge on any atom is -0.382 e. The number of nitrogens with one attached hydrogen (secondary N) is 1. The van der Waals surface area contributed by atoms with Crippen LogP contribution in [0.2, 0.25) is 0 Å². The van der Waals surface area contributed by atoms with Gasteiger partial charge in [0.15, 0.2) is 0 Å². The van der Waals surface area contributed by atoms with Gasteiger partial charge in [0.05, 0.1) is 17.2 Å². The molecule has 17 heavy (non-hydrogen) atoms. The normalized spacial score (nSPS) is 12.7. The standard InChI is InChI=1S/C12H17BrFNO2/c1-16-8-10(17-2)7-15-6-9-3-4-11(13)12(14)5-9/h3-5,10,15H,6-8H2,1-2H3. The van der Waals surface area contributed by atoms with Crippen LogP contribution in [-0.2, 0) is 16.0 Å². The summed E-state index contributed by atoms with van der Waals surface area (Å²) in [7, 11) is 3.28. The molecule has 1 N–H and O–H groups in total. The molecule has 0 radical (unpaired) electrons. The van der Waals surface area contributed by atoms with Gasteiger partial charge in [-0.15, -0.1) is 0 Å². The highest BCUT2D eigenvalue weighted by atomic mass is 79.9. The van der Waals surface area contributed by atoms with E-state index < -0.39 is 0 Å². The minimum atomic E-state index is -0.246. The lowest BCUT2D eigenvalue weighted by atomic mass is 10.2. The highest BCUT2D eigenvalue weighted by Crippen LogP contribution is 2.16. The van der Waals surface area contributed by atoms with Crippen molar-refractivity contribution in [1.82, 2.24) is 5.32 Å². The smallest absolute Gasteiger partial charge is 0.137 e. The zero-order valence-corrected chi connectivity index (χ0v) is 11.6. The Morgan fingerprint density at radius 3 is 2.76 bits per heavy atom. The van der Waals surface area contributed by atoms with Gasteiger partial charge in [-0.1, -0.05) is 6.07 Å². The van der Waals surface area contributed by atoms with Crippen LogP contribution in [0, 0.1) is 5.82 Å². The summed E-state index contributed by atoms with van der Waals surface area (Å²) in [6.07, 6.45) is 0.0142. The van der Waals surface area contributed by atoms with Crippen LogP contribution in [0.4, 0.5) is 4.39 Å². The molecule has 0 aliphatic carbocycles. The van der Waals surface area contributed by atoms with Crippen molar-refractivity contribution >= 4 is 15.9 Å². The Labute approximate surface area is 109 Å². The number of halogens is 2. The van der Waals surface area contributed by atoms with E-state index in [2.05, 4.69) is 21.2 Å². The second-order valence-electron chi connectivity index (χ2n) is 3.69. The van der Waals surface area contributed by atoms with E-state index in [-0.39, 0.29) is 11.9 Å². The molecule has 0 saturated heterocycles. The molecule has 1 rings (SSSR count). The predicted molar refractivity (Wildman–Crippen MR) is 68.5 cm³/mol. The Bertz CT molecular complexity index is 349. The lowest BCUT2D eigenvalue weighted by molar-refractivity contribution is 0.0288. The van der Waals surface area contributed by atoms with Crippen LogP contribution in [0.5, 0.6) is 0 Å². The Morgan fingerprint density at radius 2 is 2.18 bits per heavy atom. The van der Waals surface area contributed by atoms with Crippen LogP contribution in [0.3, 0.4) is 0 Å². The molecule has 0 aliphatic rings. The third-order valence-corrected chi connectivity index (χ3v) is 3.01. The van der Waals surface area contributed by atoms with E-state index in [0.29, 0.717) is 24.2 Å². The fourth-order valence-corrected chi connectivity index (χ4v) is 1.67. The summed E-state index contributed by atoms with van der Waals surface area (Å²) < 4.78 is 23.9. The Balaban J connectivity index is 2.37. The molecule has 0 fully saturated rings. The maximum Gasteiger partial charge on any atom is 0.137 e. The van der Waals surface area contributed by atoms with Gasteiger partial charge in [0.1, 0.15) is 5.82 Å². The van der Waals surface area contributed by atoms with Gasteiger partial charge in [-0.25, -0.2) is 4.39 Å². The van der Waals surface area contributed by atoms with Crippen molar-refractivity contribution in [3.05, 3.63) is 34.1 Å². The van der Waals surface area contributed by atoms with Crippen LogP contribution in [0.1, 0.15) is 5.56 Å². The van der Waals surface area contributed by atoms with Gasteiger partial charge in [-0.05, 0) is 33.6 Å². The van der Waals surface area contributed by atoms with E-state index >= 15 is 0 Å². The molecule has 5 heteroatoms. The fraction of sp³-hybridized carbons (Fsp3) is 0.500. The Morgan fingerprint density at radius 1 is 1.41 bits per heavy atom. The molecule has 0 saturated carbocycles. The van der Waals surface area contributed by atoms with Crippen LogP contribution in [0.15, 0.2) is 22.7 Å². The third kappa shape index (κ3) is 5.12. The van der Waals surface area contributed by atoms with E-state index in [1.54, 1.807) is 20.3 Å². The van der Waals surface area contributed by atoms with E-state index in [1.165, 1.54) is 6.07 Å². The molecular formula is C12H17BrFNO2. The molecule has 1 aromatic carbocycles. The molecule has 1 aromatic rings. The molecule has 0 spiro atoms. The van der Waals surface area contributed by atoms with Crippen LogP contribution in [-0.4, -0.2) is 33.5 Å². The highest BCUT2D eigenvalue weighted by molar-refractivity contribution is 9.10. The van der Waals surface area contributed by atoms with Crippen LogP contribution < -0.4 is 5.32 Å². The van der Waals surface area contributed by atoms with Crippen molar-refractivity contribution in [2.75, 3.05) is 27.4 Å². The predicted octanol–water partition coefficient (Wildman–Crippen LogP) is 2.34. The molecule has 0 aromatic heterocycles. The molecule has 0 amide bonds. The number of methoxy groups -OCH3 is 2. The highest BCUT2D eigenvalue weighted by Gasteiger charge is 2.06. The SMILES string of the molecule is COCC(CNCc1ccc(Br)c(F)c1)OC. The fourth-order valence-electron chi connectivity index (χ4n) is 1.42. The van der Waals surface area contributed by atoms with Gasteiger partial charge in [0.2, 0.25) is 0 Å². The minimum absolute atomic E-state index is 0.0142. The first-order valence-electron chi connectivity index (χ1n) is 5.33. The van der Waals surface area contributed by atoms with E-state index in [9.17, 15) is 4.39 Å². The zero-order chi connectivity index (χ0) is 12.7. The average molecular weight is 306 g/mol. The van der Waals surface area contributed by atoms with Crippen molar-refractivity contribution in [2.45, 2.75) is 12.6 Å². The average Bonchev–Trinajstić information content (AvgIpc) is 2.32. The van der Waals surface area contributed by atoms with Gasteiger partial charge >= 0.3 is 0 Å². The number of ether oxygens (including phenoxy) is 2. The zero-order valence-electron chi connectivity index (χ0n) is 10.0. The van der Waals surface area contributed by atoms with Gasteiger partial charge in [0.25, 0.3) is 0 Å². The summed E-state index contributed by atoms with van der Waals surface area (Å²) in [6, 6.07) is 5.09. The largest absolute Gasteiger partial charge is 0.382 e. The summed E-state index contributed by atoms with van der Waals surface area (Å²) in [5.41, 5.74) is 0.901. The number of rotatable bonds is 7. The maximum atomic E-state index is 13.2. The molecule has 0 bridgehead atoms. The van der Waals surface area contributed by atoms with Gasteiger partial charge in [0, 0.05) is 27.3 Å². The van der Waals surface area contributed by atoms with E-state index in [1.807, 2.05) is 6.07 Å². The quantitative estimate of drug-likeness (QED) is 0.839. The third-order valence-electron chi connectivity index (χ3n) is 2.37. The monoisotopic (exact) mass is 305 g/mol. The second kappa shape index (κ2) is 7.76. The summed E-state index contributed by atoms with van der Waals surface area (Å²) in [4.78, 5) is 0. The summed E-state index contributed by atoms with van der Waals surface area (Å²) in [6.45, 7) is 1.81. The molecule has 96 valence electrons. The van der Waals surface area contributed by atoms with Gasteiger partial charge in [-0.2, -0.15) is 0 Å². The number of benzene rings is 1. The molecule has 0 aliphatic heterocycles. The molecule has 3 nitrogen and oxygen atoms in total. The molecule has 1 atom stereocenters. The topological polar surface area (TPSA) is 30.5 Å². The van der Waals surface area contributed by atoms with Crippen molar-refractivity contribution in [1.29, 1.82) is 0 Å². The van der Waals surface area contributed by atoms with E-state index in [0.717, 1.165) is 5.56 Å². The van der Waals surface area contributed by atoms with Crippen LogP contribution >= 0.6 is 15.9 Å². The van der Waals surface area contributed by atoms with Crippen molar-refractivity contribution < 1.29 is 13.9 Å². The summed E-state index contributed by atoms with van der Waals surface area (Å²) in [5, 5.41) is 3.20.